The van der Waals surface area contributed by atoms with Crippen LogP contribution in [0.5, 0.6) is 5.75 Å². The lowest BCUT2D eigenvalue weighted by atomic mass is 10.1. The molecule has 0 unspecified atom stereocenters. The van der Waals surface area contributed by atoms with Gasteiger partial charge in [0, 0.05) is 0 Å². The molecule has 6 nitrogen and oxygen atoms in total. The molecule has 134 valence electrons. The molecule has 0 aliphatic carbocycles. The van der Waals surface area contributed by atoms with E-state index in [4.69, 9.17) is 4.74 Å². The molecule has 0 aromatic heterocycles. The third-order valence-corrected chi connectivity index (χ3v) is 4.02. The maximum absolute atomic E-state index is 12.4. The van der Waals surface area contributed by atoms with Crippen LogP contribution in [0.15, 0.2) is 48.5 Å². The van der Waals surface area contributed by atoms with Gasteiger partial charge in [0.25, 0.3) is 5.91 Å². The zero-order valence-corrected chi connectivity index (χ0v) is 15.3. The van der Waals surface area contributed by atoms with Gasteiger partial charge in [-0.05, 0) is 37.6 Å². The molecule has 1 amide bonds. The van der Waals surface area contributed by atoms with E-state index in [-0.39, 0.29) is 23.2 Å². The Hall–Kier alpha value is -2.54. The van der Waals surface area contributed by atoms with Crippen molar-refractivity contribution in [3.05, 3.63) is 59.7 Å². The summed E-state index contributed by atoms with van der Waals surface area (Å²) in [6, 6.07) is 13.8. The highest BCUT2D eigenvalue weighted by atomic mass is 32.2. The van der Waals surface area contributed by atoms with Crippen LogP contribution in [0, 0.1) is 6.92 Å². The molecule has 0 aliphatic rings. The molecular weight excluding hydrogens is 340 g/mol. The maximum Gasteiger partial charge on any atom is 0.253 e. The number of carbonyl (C=O) groups is 1. The number of hydrogen-bond donors (Lipinski definition) is 2. The highest BCUT2D eigenvalue weighted by Crippen LogP contribution is 2.18. The second kappa shape index (κ2) is 8.02. The van der Waals surface area contributed by atoms with Crippen LogP contribution in [0.3, 0.4) is 0 Å². The van der Waals surface area contributed by atoms with Gasteiger partial charge in [-0.1, -0.05) is 30.3 Å². The van der Waals surface area contributed by atoms with Gasteiger partial charge in [0.2, 0.25) is 10.0 Å². The summed E-state index contributed by atoms with van der Waals surface area (Å²) in [4.78, 5) is 12.4. The Balaban J connectivity index is 2.01. The van der Waals surface area contributed by atoms with E-state index in [1.165, 1.54) is 0 Å². The summed E-state index contributed by atoms with van der Waals surface area (Å²) >= 11 is 0. The fraction of sp³-hybridized carbons (Fsp3) is 0.278. The predicted molar refractivity (Wildman–Crippen MR) is 98.5 cm³/mol. The summed E-state index contributed by atoms with van der Waals surface area (Å²) in [7, 11) is -3.47. The van der Waals surface area contributed by atoms with E-state index in [0.29, 0.717) is 6.61 Å². The number of carbonyl (C=O) groups excluding carboxylic acids is 1. The van der Waals surface area contributed by atoms with E-state index in [1.807, 2.05) is 38.1 Å². The lowest BCUT2D eigenvalue weighted by Crippen LogP contribution is -2.37. The fourth-order valence-corrected chi connectivity index (χ4v) is 2.82. The molecular formula is C18H22N2O4S. The number of para-hydroxylation sites is 2. The van der Waals surface area contributed by atoms with Gasteiger partial charge in [0.05, 0.1) is 23.5 Å². The summed E-state index contributed by atoms with van der Waals surface area (Å²) in [5, 5.41) is 2.81. The molecule has 7 heteroatoms. The van der Waals surface area contributed by atoms with Crippen LogP contribution in [-0.4, -0.2) is 33.2 Å². The smallest absolute Gasteiger partial charge is 0.253 e. The number of rotatable bonds is 7. The van der Waals surface area contributed by atoms with Crippen molar-refractivity contribution >= 4 is 21.6 Å². The molecule has 0 saturated carbocycles. The number of hydrogen-bond acceptors (Lipinski definition) is 4. The SMILES string of the molecule is Cc1ccccc1OC[C@@H](C)NC(=O)c1ccccc1NS(C)(=O)=O. The van der Waals surface area contributed by atoms with E-state index in [2.05, 4.69) is 10.0 Å². The first kappa shape index (κ1) is 18.8. The van der Waals surface area contributed by atoms with Crippen molar-refractivity contribution in [3.63, 3.8) is 0 Å². The third-order valence-electron chi connectivity index (χ3n) is 3.43. The van der Waals surface area contributed by atoms with Gasteiger partial charge in [-0.25, -0.2) is 8.42 Å². The zero-order chi connectivity index (χ0) is 18.4. The first-order valence-corrected chi connectivity index (χ1v) is 9.71. The fourth-order valence-electron chi connectivity index (χ4n) is 2.25. The molecule has 0 radical (unpaired) electrons. The molecule has 0 saturated heterocycles. The molecule has 2 aromatic rings. The Morgan fingerprint density at radius 2 is 1.76 bits per heavy atom. The van der Waals surface area contributed by atoms with Crippen molar-refractivity contribution < 1.29 is 17.9 Å². The molecule has 0 aliphatic heterocycles. The van der Waals surface area contributed by atoms with Gasteiger partial charge < -0.3 is 10.1 Å². The van der Waals surface area contributed by atoms with E-state index in [9.17, 15) is 13.2 Å². The minimum atomic E-state index is -3.47. The van der Waals surface area contributed by atoms with Crippen molar-refractivity contribution in [2.45, 2.75) is 19.9 Å². The summed E-state index contributed by atoms with van der Waals surface area (Å²) < 4.78 is 30.9. The van der Waals surface area contributed by atoms with Crippen molar-refractivity contribution in [1.82, 2.24) is 5.32 Å². The van der Waals surface area contributed by atoms with Crippen LogP contribution >= 0.6 is 0 Å². The standard InChI is InChI=1S/C18H22N2O4S/c1-13-8-4-7-11-17(13)24-12-14(2)19-18(21)15-9-5-6-10-16(15)20-25(3,22)23/h4-11,14,20H,12H2,1-3H3,(H,19,21)/t14-/m1/s1. The van der Waals surface area contributed by atoms with E-state index in [0.717, 1.165) is 17.6 Å². The minimum Gasteiger partial charge on any atom is -0.491 e. The second-order valence-corrected chi connectivity index (χ2v) is 7.62. The number of sulfonamides is 1. The van der Waals surface area contributed by atoms with E-state index < -0.39 is 10.0 Å². The third kappa shape index (κ3) is 5.79. The van der Waals surface area contributed by atoms with Crippen molar-refractivity contribution in [3.8, 4) is 5.75 Å². The van der Waals surface area contributed by atoms with Gasteiger partial charge >= 0.3 is 0 Å². The lowest BCUT2D eigenvalue weighted by molar-refractivity contribution is 0.0927. The minimum absolute atomic E-state index is 0.245. The Labute approximate surface area is 148 Å². The van der Waals surface area contributed by atoms with Gasteiger partial charge in [-0.2, -0.15) is 0 Å². The van der Waals surface area contributed by atoms with Crippen molar-refractivity contribution in [2.24, 2.45) is 0 Å². The van der Waals surface area contributed by atoms with Crippen molar-refractivity contribution in [2.75, 3.05) is 17.6 Å². The van der Waals surface area contributed by atoms with Crippen LogP contribution in [0.1, 0.15) is 22.8 Å². The van der Waals surface area contributed by atoms with E-state index in [1.54, 1.807) is 24.3 Å². The summed E-state index contributed by atoms with van der Waals surface area (Å²) in [5.41, 5.74) is 1.52. The number of benzene rings is 2. The Kier molecular flexibility index (Phi) is 6.03. The number of ether oxygens (including phenoxy) is 1. The topological polar surface area (TPSA) is 84.5 Å². The van der Waals surface area contributed by atoms with Gasteiger partial charge in [0.1, 0.15) is 12.4 Å². The Bertz CT molecular complexity index is 850. The molecule has 0 bridgehead atoms. The number of amides is 1. The van der Waals surface area contributed by atoms with Gasteiger partial charge in [0.15, 0.2) is 0 Å². The molecule has 0 spiro atoms. The van der Waals surface area contributed by atoms with Crippen molar-refractivity contribution in [1.29, 1.82) is 0 Å². The number of anilines is 1. The number of nitrogens with one attached hydrogen (secondary N) is 2. The largest absolute Gasteiger partial charge is 0.491 e. The molecule has 2 rings (SSSR count). The first-order chi connectivity index (χ1) is 11.8. The Morgan fingerprint density at radius 3 is 2.44 bits per heavy atom. The normalized spacial score (nSPS) is 12.3. The first-order valence-electron chi connectivity index (χ1n) is 7.82. The lowest BCUT2D eigenvalue weighted by Gasteiger charge is -2.17. The Morgan fingerprint density at radius 1 is 1.12 bits per heavy atom. The van der Waals surface area contributed by atoms with Crippen LogP contribution < -0.4 is 14.8 Å². The molecule has 1 atom stereocenters. The summed E-state index contributed by atoms with van der Waals surface area (Å²) in [6.45, 7) is 4.08. The average Bonchev–Trinajstić information content (AvgIpc) is 2.53. The molecule has 0 heterocycles. The highest BCUT2D eigenvalue weighted by molar-refractivity contribution is 7.92. The quantitative estimate of drug-likeness (QED) is 0.793. The number of aryl methyl sites for hydroxylation is 1. The maximum atomic E-state index is 12.4. The summed E-state index contributed by atoms with van der Waals surface area (Å²) in [6.07, 6.45) is 1.04. The van der Waals surface area contributed by atoms with E-state index >= 15 is 0 Å². The average molecular weight is 362 g/mol. The molecule has 0 fully saturated rings. The summed E-state index contributed by atoms with van der Waals surface area (Å²) in [5.74, 6) is 0.398. The highest BCUT2D eigenvalue weighted by Gasteiger charge is 2.16. The molecule has 2 N–H and O–H groups in total. The molecule has 2 aromatic carbocycles. The predicted octanol–water partition coefficient (Wildman–Crippen LogP) is 2.56. The zero-order valence-electron chi connectivity index (χ0n) is 14.4. The molecule has 25 heavy (non-hydrogen) atoms. The van der Waals surface area contributed by atoms with Crippen LogP contribution in [0.2, 0.25) is 0 Å². The van der Waals surface area contributed by atoms with Crippen LogP contribution in [-0.2, 0) is 10.0 Å². The van der Waals surface area contributed by atoms with Crippen LogP contribution in [0.25, 0.3) is 0 Å². The second-order valence-electron chi connectivity index (χ2n) is 5.87. The van der Waals surface area contributed by atoms with Gasteiger partial charge in [-0.3, -0.25) is 9.52 Å². The van der Waals surface area contributed by atoms with Gasteiger partial charge in [-0.15, -0.1) is 0 Å². The van der Waals surface area contributed by atoms with Crippen LogP contribution in [0.4, 0.5) is 5.69 Å². The monoisotopic (exact) mass is 362 g/mol.